The first-order valence-corrected chi connectivity index (χ1v) is 21.6. The first kappa shape index (κ1) is 35.5. The summed E-state index contributed by atoms with van der Waals surface area (Å²) in [7, 11) is 0. The molecule has 0 amide bonds. The summed E-state index contributed by atoms with van der Waals surface area (Å²) in [6.45, 7) is 0. The van der Waals surface area contributed by atoms with Crippen LogP contribution in [0.2, 0.25) is 0 Å². The molecular weight excluding hydrogens is 763 g/mol. The molecule has 0 N–H and O–H groups in total. The van der Waals surface area contributed by atoms with Gasteiger partial charge in [-0.25, -0.2) is 15.0 Å². The maximum Gasteiger partial charge on any atom is 0.164 e. The van der Waals surface area contributed by atoms with Crippen LogP contribution in [0.5, 0.6) is 0 Å². The molecule has 11 aromatic rings. The van der Waals surface area contributed by atoms with Crippen LogP contribution in [0, 0.1) is 0 Å². The van der Waals surface area contributed by atoms with Crippen LogP contribution in [-0.4, -0.2) is 15.0 Å². The Bertz CT molecular complexity index is 3560. The van der Waals surface area contributed by atoms with Crippen molar-refractivity contribution in [2.45, 2.75) is 5.41 Å². The average molecular weight is 800 g/mol. The molecule has 2 aliphatic carbocycles. The van der Waals surface area contributed by atoms with Crippen molar-refractivity contribution in [3.8, 4) is 78.7 Å². The Morgan fingerprint density at radius 2 is 0.683 bits per heavy atom. The highest BCUT2D eigenvalue weighted by Crippen LogP contribution is 2.65. The Morgan fingerprint density at radius 3 is 1.32 bits per heavy atom. The van der Waals surface area contributed by atoms with Gasteiger partial charge in [0.15, 0.2) is 17.5 Å². The van der Waals surface area contributed by atoms with Crippen LogP contribution in [0.1, 0.15) is 22.3 Å². The normalized spacial score (nSPS) is 14.4. The number of hydrogen-bond acceptors (Lipinski definition) is 3. The lowest BCUT2D eigenvalue weighted by Gasteiger charge is -2.32. The van der Waals surface area contributed by atoms with Crippen LogP contribution < -0.4 is 0 Å². The van der Waals surface area contributed by atoms with Crippen LogP contribution in [0.15, 0.2) is 224 Å². The molecular formula is C60H37N3. The minimum atomic E-state index is -0.579. The van der Waals surface area contributed by atoms with E-state index in [0.717, 1.165) is 38.9 Å². The van der Waals surface area contributed by atoms with Gasteiger partial charge in [-0.15, -0.1) is 0 Å². The molecule has 2 aliphatic rings. The summed E-state index contributed by atoms with van der Waals surface area (Å²) < 4.78 is 0. The van der Waals surface area contributed by atoms with Crippen molar-refractivity contribution in [2.24, 2.45) is 0 Å². The fourth-order valence-corrected chi connectivity index (χ4v) is 10.7. The Kier molecular flexibility index (Phi) is 7.82. The van der Waals surface area contributed by atoms with E-state index in [4.69, 9.17) is 15.0 Å². The van der Waals surface area contributed by atoms with Gasteiger partial charge in [0.1, 0.15) is 0 Å². The molecule has 0 radical (unpaired) electrons. The maximum atomic E-state index is 5.42. The second kappa shape index (κ2) is 13.9. The van der Waals surface area contributed by atoms with E-state index in [2.05, 4.69) is 206 Å². The molecule has 0 bridgehead atoms. The molecule has 1 atom stereocenters. The molecule has 0 fully saturated rings. The minimum Gasteiger partial charge on any atom is -0.208 e. The van der Waals surface area contributed by atoms with Gasteiger partial charge in [0.05, 0.1) is 5.41 Å². The largest absolute Gasteiger partial charge is 0.208 e. The molecule has 3 heteroatoms. The highest BCUT2D eigenvalue weighted by Gasteiger charge is 2.53. The van der Waals surface area contributed by atoms with E-state index in [9.17, 15) is 0 Å². The van der Waals surface area contributed by atoms with Gasteiger partial charge in [-0.3, -0.25) is 0 Å². The molecule has 0 saturated carbocycles. The van der Waals surface area contributed by atoms with E-state index in [1.165, 1.54) is 66.1 Å². The number of nitrogens with zero attached hydrogens (tertiary/aromatic N) is 3. The summed E-state index contributed by atoms with van der Waals surface area (Å²) in [6.07, 6.45) is 0. The zero-order chi connectivity index (χ0) is 41.5. The topological polar surface area (TPSA) is 38.7 Å². The fourth-order valence-electron chi connectivity index (χ4n) is 10.7. The van der Waals surface area contributed by atoms with Crippen molar-refractivity contribution < 1.29 is 0 Å². The lowest BCUT2D eigenvalue weighted by molar-refractivity contribution is 0.802. The number of fused-ring (bicyclic) bond motifs is 15. The molecule has 63 heavy (non-hydrogen) atoms. The van der Waals surface area contributed by atoms with Gasteiger partial charge >= 0.3 is 0 Å². The van der Waals surface area contributed by atoms with Gasteiger partial charge in [0.25, 0.3) is 0 Å². The summed E-state index contributed by atoms with van der Waals surface area (Å²) in [4.78, 5) is 16.0. The third-order valence-electron chi connectivity index (χ3n) is 13.3. The Morgan fingerprint density at radius 1 is 0.254 bits per heavy atom. The van der Waals surface area contributed by atoms with E-state index in [0.29, 0.717) is 17.5 Å². The number of rotatable bonds is 5. The van der Waals surface area contributed by atoms with Crippen LogP contribution in [-0.2, 0) is 5.41 Å². The Hall–Kier alpha value is -8.27. The maximum absolute atomic E-state index is 5.42. The minimum absolute atomic E-state index is 0.579. The molecule has 1 unspecified atom stereocenters. The van der Waals surface area contributed by atoms with Gasteiger partial charge in [0.2, 0.25) is 0 Å². The summed E-state index contributed by atoms with van der Waals surface area (Å²) in [5.41, 5.74) is 17.0. The Balaban J connectivity index is 1.09. The number of aromatic nitrogens is 3. The number of hydrogen-bond donors (Lipinski definition) is 0. The predicted molar refractivity (Wildman–Crippen MR) is 258 cm³/mol. The van der Waals surface area contributed by atoms with E-state index in [1.807, 2.05) is 18.2 Å². The molecule has 3 nitrogen and oxygen atoms in total. The predicted octanol–water partition coefficient (Wildman–Crippen LogP) is 14.9. The van der Waals surface area contributed by atoms with E-state index >= 15 is 0 Å². The van der Waals surface area contributed by atoms with E-state index in [1.54, 1.807) is 0 Å². The van der Waals surface area contributed by atoms with Crippen LogP contribution in [0.3, 0.4) is 0 Å². The summed E-state index contributed by atoms with van der Waals surface area (Å²) >= 11 is 0. The zero-order valence-corrected chi connectivity index (χ0v) is 34.2. The fraction of sp³-hybridized carbons (Fsp3) is 0.0167. The smallest absolute Gasteiger partial charge is 0.164 e. The van der Waals surface area contributed by atoms with Crippen molar-refractivity contribution in [3.63, 3.8) is 0 Å². The molecule has 13 rings (SSSR count). The molecule has 0 aliphatic heterocycles. The SMILES string of the molecule is c1ccc(-c2cc(-c3ccccc3)cc(-c3nc(-c4ccccc4)nc(-c4ccc5c(c4)C4(c6ccccc6-5)c5ccccc5-c5c4c4ccccc4c4ccccc54)n3)c2)cc1. The van der Waals surface area contributed by atoms with Crippen molar-refractivity contribution in [3.05, 3.63) is 247 Å². The summed E-state index contributed by atoms with van der Waals surface area (Å²) in [5.74, 6) is 1.89. The monoisotopic (exact) mass is 799 g/mol. The Labute approximate surface area is 365 Å². The molecule has 10 aromatic carbocycles. The first-order valence-electron chi connectivity index (χ1n) is 21.6. The third kappa shape index (κ3) is 5.30. The molecule has 0 saturated heterocycles. The summed E-state index contributed by atoms with van der Waals surface area (Å²) in [6, 6.07) is 81.0. The van der Waals surface area contributed by atoms with Crippen LogP contribution in [0.4, 0.5) is 0 Å². The number of benzene rings is 10. The second-order valence-electron chi connectivity index (χ2n) is 16.6. The van der Waals surface area contributed by atoms with Crippen LogP contribution in [0.25, 0.3) is 100 Å². The molecule has 1 spiro atoms. The van der Waals surface area contributed by atoms with E-state index < -0.39 is 5.41 Å². The second-order valence-corrected chi connectivity index (χ2v) is 16.6. The van der Waals surface area contributed by atoms with Crippen molar-refractivity contribution in [2.75, 3.05) is 0 Å². The average Bonchev–Trinajstić information content (AvgIpc) is 3.84. The van der Waals surface area contributed by atoms with E-state index in [-0.39, 0.29) is 0 Å². The van der Waals surface area contributed by atoms with Gasteiger partial charge < -0.3 is 0 Å². The highest BCUT2D eigenvalue weighted by molar-refractivity contribution is 6.20. The quantitative estimate of drug-likeness (QED) is 0.163. The highest BCUT2D eigenvalue weighted by atomic mass is 15.0. The first-order chi connectivity index (χ1) is 31.2. The van der Waals surface area contributed by atoms with Gasteiger partial charge in [0, 0.05) is 16.7 Å². The molecule has 292 valence electrons. The van der Waals surface area contributed by atoms with Crippen molar-refractivity contribution in [1.29, 1.82) is 0 Å². The van der Waals surface area contributed by atoms with Crippen molar-refractivity contribution in [1.82, 2.24) is 15.0 Å². The molecule has 1 heterocycles. The van der Waals surface area contributed by atoms with Gasteiger partial charge in [-0.1, -0.05) is 200 Å². The standard InChI is InChI=1S/C60H37N3/c1-4-18-38(19-5-1)42-34-43(39-20-6-2-7-21-39)36-44(35-42)59-62-57(40-22-8-3-9-23-40)61-58(63-59)41-32-33-48-47-26-14-16-30-52(47)60(54(48)37-41)53-31-17-15-29-51(53)55-49-27-12-10-24-45(49)46-25-11-13-28-50(46)56(55)60/h1-37H. The van der Waals surface area contributed by atoms with Gasteiger partial charge in [-0.2, -0.15) is 0 Å². The molecule has 1 aromatic heterocycles. The zero-order valence-electron chi connectivity index (χ0n) is 34.2. The van der Waals surface area contributed by atoms with Gasteiger partial charge in [-0.05, 0) is 113 Å². The summed E-state index contributed by atoms with van der Waals surface area (Å²) in [5, 5.41) is 5.09. The lowest BCUT2D eigenvalue weighted by Crippen LogP contribution is -2.26. The third-order valence-corrected chi connectivity index (χ3v) is 13.3. The lowest BCUT2D eigenvalue weighted by atomic mass is 9.69. The van der Waals surface area contributed by atoms with Crippen LogP contribution >= 0.6 is 0 Å². The van der Waals surface area contributed by atoms with Crippen molar-refractivity contribution >= 4 is 21.5 Å².